The van der Waals surface area contributed by atoms with Gasteiger partial charge in [-0.05, 0) is 53.9 Å². The summed E-state index contributed by atoms with van der Waals surface area (Å²) < 4.78 is 47.1. The number of alkyl halides is 6. The molecular formula is C27H22Cl3F3O4S. The van der Waals surface area contributed by atoms with Gasteiger partial charge in [-0.15, -0.1) is 11.8 Å². The zero-order valence-corrected chi connectivity index (χ0v) is 23.0. The Morgan fingerprint density at radius 1 is 0.947 bits per heavy atom. The van der Waals surface area contributed by atoms with Crippen molar-refractivity contribution in [3.8, 4) is 0 Å². The number of hydrogen-bond donors (Lipinski definition) is 0. The van der Waals surface area contributed by atoms with Crippen molar-refractivity contribution < 1.29 is 32.2 Å². The van der Waals surface area contributed by atoms with Crippen LogP contribution in [0.4, 0.5) is 13.2 Å². The lowest BCUT2D eigenvalue weighted by molar-refractivity contribution is -0.148. The molecule has 3 aromatic rings. The number of benzene rings is 3. The molecule has 0 bridgehead atoms. The van der Waals surface area contributed by atoms with E-state index in [4.69, 9.17) is 44.3 Å². The summed E-state index contributed by atoms with van der Waals surface area (Å²) in [4.78, 5) is 25.8. The number of hydrogen-bond acceptors (Lipinski definition) is 5. The Kier molecular flexibility index (Phi) is 10.4. The van der Waals surface area contributed by atoms with E-state index >= 15 is 0 Å². The number of halogens is 6. The van der Waals surface area contributed by atoms with Gasteiger partial charge in [-0.3, -0.25) is 4.79 Å². The Balaban J connectivity index is 1.58. The standard InChI is InChI=1S/C27H22Cl3F3O4S/c1-17(19-9-11-21(12-10-19)27(31,32)33)37-24(34)14-18-5-4-7-22(13-18)38-15-20-6-2-3-8-23(20)25(35)36-16-26(28,29)30/h2-13,17H,14-16H2,1H3. The predicted octanol–water partition coefficient (Wildman–Crippen LogP) is 8.37. The zero-order valence-electron chi connectivity index (χ0n) is 19.9. The molecule has 0 spiro atoms. The molecule has 0 saturated heterocycles. The first-order chi connectivity index (χ1) is 17.8. The van der Waals surface area contributed by atoms with Crippen LogP contribution in [0, 0.1) is 0 Å². The lowest BCUT2D eigenvalue weighted by Crippen LogP contribution is -2.18. The van der Waals surface area contributed by atoms with Crippen molar-refractivity contribution in [3.05, 3.63) is 101 Å². The molecule has 0 radical (unpaired) electrons. The first-order valence-electron chi connectivity index (χ1n) is 11.2. The van der Waals surface area contributed by atoms with Gasteiger partial charge in [-0.25, -0.2) is 4.79 Å². The summed E-state index contributed by atoms with van der Waals surface area (Å²) in [5.74, 6) is -0.675. The van der Waals surface area contributed by atoms with Gasteiger partial charge in [0.15, 0.2) is 0 Å². The molecule has 0 aliphatic heterocycles. The van der Waals surface area contributed by atoms with E-state index in [1.165, 1.54) is 23.9 Å². The molecule has 0 heterocycles. The molecule has 11 heteroatoms. The van der Waals surface area contributed by atoms with E-state index < -0.39 is 33.6 Å². The minimum absolute atomic E-state index is 0.0146. The SMILES string of the molecule is CC(OC(=O)Cc1cccc(SCc2ccccc2C(=O)OCC(Cl)(Cl)Cl)c1)c1ccc(C(F)(F)F)cc1. The van der Waals surface area contributed by atoms with Gasteiger partial charge in [-0.2, -0.15) is 13.2 Å². The van der Waals surface area contributed by atoms with E-state index in [0.29, 0.717) is 22.4 Å². The van der Waals surface area contributed by atoms with Crippen molar-refractivity contribution in [2.75, 3.05) is 6.61 Å². The summed E-state index contributed by atoms with van der Waals surface area (Å²) in [7, 11) is 0. The molecular weight excluding hydrogens is 584 g/mol. The molecule has 202 valence electrons. The summed E-state index contributed by atoms with van der Waals surface area (Å²) in [6.45, 7) is 1.22. The fourth-order valence-electron chi connectivity index (χ4n) is 3.39. The number of carbonyl (C=O) groups excluding carboxylic acids is 2. The average molecular weight is 606 g/mol. The van der Waals surface area contributed by atoms with Crippen LogP contribution in [0.25, 0.3) is 0 Å². The lowest BCUT2D eigenvalue weighted by Gasteiger charge is -2.15. The second kappa shape index (κ2) is 13.1. The van der Waals surface area contributed by atoms with Crippen molar-refractivity contribution >= 4 is 58.5 Å². The molecule has 1 atom stereocenters. The number of esters is 2. The Bertz CT molecular complexity index is 1260. The van der Waals surface area contributed by atoms with E-state index in [1.807, 2.05) is 12.1 Å². The van der Waals surface area contributed by atoms with Crippen LogP contribution in [-0.4, -0.2) is 22.3 Å². The Hall–Kier alpha value is -2.39. The number of ether oxygens (including phenoxy) is 2. The number of carbonyl (C=O) groups is 2. The smallest absolute Gasteiger partial charge is 0.416 e. The average Bonchev–Trinajstić information content (AvgIpc) is 2.85. The summed E-state index contributed by atoms with van der Waals surface area (Å²) in [6, 6.07) is 18.7. The van der Waals surface area contributed by atoms with Crippen LogP contribution in [0.3, 0.4) is 0 Å². The van der Waals surface area contributed by atoms with Gasteiger partial charge in [0.2, 0.25) is 3.79 Å². The Labute approximate surface area is 237 Å². The van der Waals surface area contributed by atoms with Gasteiger partial charge in [0.05, 0.1) is 17.5 Å². The van der Waals surface area contributed by atoms with Gasteiger partial charge in [0, 0.05) is 10.6 Å². The maximum atomic E-state index is 12.8. The fraction of sp³-hybridized carbons (Fsp3) is 0.259. The molecule has 1 unspecified atom stereocenters. The summed E-state index contributed by atoms with van der Waals surface area (Å²) in [5, 5.41) is 0. The lowest BCUT2D eigenvalue weighted by atomic mass is 10.1. The molecule has 0 aliphatic carbocycles. The van der Waals surface area contributed by atoms with Gasteiger partial charge < -0.3 is 9.47 Å². The first kappa shape index (κ1) is 30.2. The van der Waals surface area contributed by atoms with Crippen LogP contribution in [0.5, 0.6) is 0 Å². The fourth-order valence-corrected chi connectivity index (χ4v) is 4.54. The molecule has 0 aromatic heterocycles. The molecule has 3 rings (SSSR count). The summed E-state index contributed by atoms with van der Waals surface area (Å²) >= 11 is 18.4. The van der Waals surface area contributed by atoms with Crippen molar-refractivity contribution in [2.24, 2.45) is 0 Å². The molecule has 0 aliphatic rings. The highest BCUT2D eigenvalue weighted by Crippen LogP contribution is 2.31. The minimum atomic E-state index is -4.43. The van der Waals surface area contributed by atoms with Crippen LogP contribution in [0.15, 0.2) is 77.7 Å². The molecule has 0 amide bonds. The van der Waals surface area contributed by atoms with E-state index in [9.17, 15) is 22.8 Å². The summed E-state index contributed by atoms with van der Waals surface area (Å²) in [6.07, 6.45) is -5.15. The van der Waals surface area contributed by atoms with E-state index in [0.717, 1.165) is 22.6 Å². The third-order valence-electron chi connectivity index (χ3n) is 5.26. The van der Waals surface area contributed by atoms with Gasteiger partial charge >= 0.3 is 18.1 Å². The summed E-state index contributed by atoms with van der Waals surface area (Å²) in [5.41, 5.74) is 1.47. The van der Waals surface area contributed by atoms with Crippen molar-refractivity contribution in [3.63, 3.8) is 0 Å². The maximum absolute atomic E-state index is 12.8. The maximum Gasteiger partial charge on any atom is 0.416 e. The highest BCUT2D eigenvalue weighted by atomic mass is 35.6. The number of thioether (sulfide) groups is 1. The molecule has 3 aromatic carbocycles. The topological polar surface area (TPSA) is 52.6 Å². The second-order valence-electron chi connectivity index (χ2n) is 8.21. The largest absolute Gasteiger partial charge is 0.458 e. The third kappa shape index (κ3) is 9.42. The molecule has 38 heavy (non-hydrogen) atoms. The Morgan fingerprint density at radius 3 is 2.29 bits per heavy atom. The monoisotopic (exact) mass is 604 g/mol. The Morgan fingerprint density at radius 2 is 1.63 bits per heavy atom. The van der Waals surface area contributed by atoms with Crippen LogP contribution < -0.4 is 0 Å². The molecule has 0 N–H and O–H groups in total. The van der Waals surface area contributed by atoms with Crippen LogP contribution in [0.1, 0.15) is 45.6 Å². The van der Waals surface area contributed by atoms with Crippen molar-refractivity contribution in [2.45, 2.75) is 40.1 Å². The first-order valence-corrected chi connectivity index (χ1v) is 13.3. The predicted molar refractivity (Wildman–Crippen MR) is 143 cm³/mol. The van der Waals surface area contributed by atoms with E-state index in [-0.39, 0.29) is 13.0 Å². The van der Waals surface area contributed by atoms with Crippen LogP contribution in [0.2, 0.25) is 0 Å². The highest BCUT2D eigenvalue weighted by Gasteiger charge is 2.30. The second-order valence-corrected chi connectivity index (χ2v) is 11.8. The number of rotatable bonds is 9. The van der Waals surface area contributed by atoms with Crippen molar-refractivity contribution in [1.29, 1.82) is 0 Å². The van der Waals surface area contributed by atoms with Crippen LogP contribution >= 0.6 is 46.6 Å². The van der Waals surface area contributed by atoms with Gasteiger partial charge in [0.25, 0.3) is 0 Å². The van der Waals surface area contributed by atoms with Crippen molar-refractivity contribution in [1.82, 2.24) is 0 Å². The van der Waals surface area contributed by atoms with Crippen LogP contribution in [-0.2, 0) is 32.6 Å². The highest BCUT2D eigenvalue weighted by molar-refractivity contribution is 7.98. The van der Waals surface area contributed by atoms with Gasteiger partial charge in [0.1, 0.15) is 12.7 Å². The zero-order chi connectivity index (χ0) is 27.9. The van der Waals surface area contributed by atoms with E-state index in [2.05, 4.69) is 0 Å². The molecule has 4 nitrogen and oxygen atoms in total. The minimum Gasteiger partial charge on any atom is -0.458 e. The quantitative estimate of drug-likeness (QED) is 0.139. The molecule has 0 fully saturated rings. The normalized spacial score (nSPS) is 12.6. The van der Waals surface area contributed by atoms with Gasteiger partial charge in [-0.1, -0.05) is 77.3 Å². The van der Waals surface area contributed by atoms with E-state index in [1.54, 1.807) is 43.3 Å². The molecule has 0 saturated carbocycles. The third-order valence-corrected chi connectivity index (χ3v) is 6.63.